The third kappa shape index (κ3) is 2.69. The molecule has 2 N–H and O–H groups in total. The maximum absolute atomic E-state index is 12.8. The van der Waals surface area contributed by atoms with E-state index < -0.39 is 5.60 Å². The van der Waals surface area contributed by atoms with Crippen LogP contribution in [0, 0.1) is 0 Å². The van der Waals surface area contributed by atoms with Gasteiger partial charge in [-0.15, -0.1) is 11.3 Å². The van der Waals surface area contributed by atoms with Crippen LogP contribution in [0.4, 0.5) is 0 Å². The Morgan fingerprint density at radius 3 is 2.87 bits per heavy atom. The van der Waals surface area contributed by atoms with Crippen LogP contribution in [0.25, 0.3) is 0 Å². The van der Waals surface area contributed by atoms with E-state index >= 15 is 0 Å². The van der Waals surface area contributed by atoms with Gasteiger partial charge in [0.25, 0.3) is 5.91 Å². The van der Waals surface area contributed by atoms with E-state index in [1.807, 2.05) is 41.3 Å². The number of piperidine rings is 1. The molecule has 1 atom stereocenters. The molecule has 5 heteroatoms. The number of benzene rings is 1. The lowest BCUT2D eigenvalue weighted by atomic mass is 9.85. The van der Waals surface area contributed by atoms with Gasteiger partial charge in [-0.1, -0.05) is 30.3 Å². The number of aliphatic hydroxyl groups is 1. The number of carbonyl (C=O) groups is 1. The van der Waals surface area contributed by atoms with E-state index in [9.17, 15) is 9.90 Å². The first-order chi connectivity index (χ1) is 11.2. The molecule has 1 unspecified atom stereocenters. The average Bonchev–Trinajstić information content (AvgIpc) is 3.17. The summed E-state index contributed by atoms with van der Waals surface area (Å²) in [6.45, 7) is 2.81. The topological polar surface area (TPSA) is 52.6 Å². The quantitative estimate of drug-likeness (QED) is 0.890. The van der Waals surface area contributed by atoms with Gasteiger partial charge in [0.1, 0.15) is 5.60 Å². The van der Waals surface area contributed by atoms with Gasteiger partial charge >= 0.3 is 0 Å². The Morgan fingerprint density at radius 2 is 2.09 bits per heavy atom. The summed E-state index contributed by atoms with van der Waals surface area (Å²) in [5.74, 6) is 0.0541. The molecule has 0 radical (unpaired) electrons. The smallest absolute Gasteiger partial charge is 0.264 e. The second-order valence-electron chi connectivity index (χ2n) is 6.39. The van der Waals surface area contributed by atoms with E-state index in [0.717, 1.165) is 36.5 Å². The molecule has 1 aromatic carbocycles. The molecule has 0 spiro atoms. The summed E-state index contributed by atoms with van der Waals surface area (Å²) in [5.41, 5.74) is 1.21. The molecular weight excluding hydrogens is 308 g/mol. The van der Waals surface area contributed by atoms with Crippen molar-refractivity contribution in [1.82, 2.24) is 10.2 Å². The lowest BCUT2D eigenvalue weighted by molar-refractivity contribution is -0.0287. The number of hydrogen-bond donors (Lipinski definition) is 2. The van der Waals surface area contributed by atoms with Crippen molar-refractivity contribution in [3.63, 3.8) is 0 Å². The second-order valence-corrected chi connectivity index (χ2v) is 7.53. The Labute approximate surface area is 139 Å². The zero-order valence-corrected chi connectivity index (χ0v) is 13.7. The van der Waals surface area contributed by atoms with Gasteiger partial charge in [-0.25, -0.2) is 0 Å². The van der Waals surface area contributed by atoms with E-state index in [2.05, 4.69) is 5.32 Å². The number of likely N-dealkylation sites (tertiary alicyclic amines) is 1. The number of β-amino-alcohol motifs (C(OH)–C–C–N with tert-alkyl or cyclic N) is 1. The summed E-state index contributed by atoms with van der Waals surface area (Å²) in [4.78, 5) is 16.7. The number of nitrogens with zero attached hydrogens (tertiary/aromatic N) is 1. The van der Waals surface area contributed by atoms with Crippen LogP contribution in [0.1, 0.15) is 38.5 Å². The molecule has 0 bridgehead atoms. The second kappa shape index (κ2) is 5.74. The highest BCUT2D eigenvalue weighted by Crippen LogP contribution is 2.33. The third-order valence-corrected chi connectivity index (χ3v) is 5.94. The normalized spacial score (nSPS) is 23.8. The Morgan fingerprint density at radius 1 is 1.26 bits per heavy atom. The average molecular weight is 328 g/mol. The Hall–Kier alpha value is -1.69. The summed E-state index contributed by atoms with van der Waals surface area (Å²) < 4.78 is 0. The Bertz CT molecular complexity index is 706. The number of rotatable bonds is 2. The lowest BCUT2D eigenvalue weighted by Gasteiger charge is -2.39. The van der Waals surface area contributed by atoms with Gasteiger partial charge in [-0.3, -0.25) is 4.79 Å². The maximum atomic E-state index is 12.8. The Kier molecular flexibility index (Phi) is 3.71. The number of amides is 1. The molecule has 2 aliphatic heterocycles. The summed E-state index contributed by atoms with van der Waals surface area (Å²) in [6, 6.07) is 11.7. The minimum Gasteiger partial charge on any atom is -0.383 e. The molecule has 4 rings (SSSR count). The molecule has 1 aromatic heterocycles. The number of nitrogens with one attached hydrogen (secondary N) is 1. The fourth-order valence-electron chi connectivity index (χ4n) is 3.53. The van der Waals surface area contributed by atoms with E-state index in [1.54, 1.807) is 11.3 Å². The number of hydrogen-bond acceptors (Lipinski definition) is 4. The van der Waals surface area contributed by atoms with Gasteiger partial charge in [-0.2, -0.15) is 0 Å². The highest BCUT2D eigenvalue weighted by atomic mass is 32.1. The van der Waals surface area contributed by atoms with Crippen LogP contribution < -0.4 is 5.32 Å². The number of fused-ring (bicyclic) bond motifs is 1. The van der Waals surface area contributed by atoms with E-state index in [4.69, 9.17) is 0 Å². The molecule has 23 heavy (non-hydrogen) atoms. The van der Waals surface area contributed by atoms with Crippen LogP contribution in [0.3, 0.4) is 0 Å². The molecule has 1 fully saturated rings. The molecule has 0 aliphatic carbocycles. The van der Waals surface area contributed by atoms with Gasteiger partial charge < -0.3 is 15.3 Å². The highest BCUT2D eigenvalue weighted by Gasteiger charge is 2.37. The lowest BCUT2D eigenvalue weighted by Crippen LogP contribution is -2.48. The molecule has 2 aromatic rings. The largest absolute Gasteiger partial charge is 0.383 e. The summed E-state index contributed by atoms with van der Waals surface area (Å²) in [7, 11) is 0. The number of carbonyl (C=O) groups excluding carboxylic acids is 1. The van der Waals surface area contributed by atoms with Gasteiger partial charge in [-0.05, 0) is 30.0 Å². The van der Waals surface area contributed by atoms with Gasteiger partial charge in [0, 0.05) is 24.5 Å². The van der Waals surface area contributed by atoms with E-state index in [1.165, 1.54) is 10.4 Å². The first-order valence-electron chi connectivity index (χ1n) is 8.05. The maximum Gasteiger partial charge on any atom is 0.264 e. The molecule has 120 valence electrons. The monoisotopic (exact) mass is 328 g/mol. The third-order valence-electron chi connectivity index (χ3n) is 4.78. The minimum absolute atomic E-state index is 0.0541. The van der Waals surface area contributed by atoms with Crippen molar-refractivity contribution >= 4 is 17.2 Å². The molecule has 1 amide bonds. The van der Waals surface area contributed by atoms with Crippen LogP contribution in [0.15, 0.2) is 36.4 Å². The van der Waals surface area contributed by atoms with Gasteiger partial charge in [0.15, 0.2) is 0 Å². The van der Waals surface area contributed by atoms with Crippen molar-refractivity contribution in [3.05, 3.63) is 57.3 Å². The van der Waals surface area contributed by atoms with Crippen LogP contribution in [0.5, 0.6) is 0 Å². The van der Waals surface area contributed by atoms with Crippen LogP contribution in [-0.2, 0) is 18.7 Å². The first kappa shape index (κ1) is 14.9. The van der Waals surface area contributed by atoms with E-state index in [0.29, 0.717) is 13.0 Å². The predicted molar refractivity (Wildman–Crippen MR) is 90.3 cm³/mol. The van der Waals surface area contributed by atoms with Crippen molar-refractivity contribution < 1.29 is 9.90 Å². The molecule has 2 aliphatic rings. The van der Waals surface area contributed by atoms with Crippen LogP contribution in [0.2, 0.25) is 0 Å². The van der Waals surface area contributed by atoms with Crippen molar-refractivity contribution in [3.8, 4) is 0 Å². The predicted octanol–water partition coefficient (Wildman–Crippen LogP) is 2.48. The molecule has 3 heterocycles. The van der Waals surface area contributed by atoms with Crippen molar-refractivity contribution in [2.45, 2.75) is 31.5 Å². The summed E-state index contributed by atoms with van der Waals surface area (Å²) in [6.07, 6.45) is 1.52. The minimum atomic E-state index is -0.934. The standard InChI is InChI=1S/C18H20N2O2S/c21-17(15-9-13-10-19-11-16(13)23-15)20-8-4-7-18(22,12-20)14-5-2-1-3-6-14/h1-3,5-6,9,19,22H,4,7-8,10-12H2. The fraction of sp³-hybridized carbons (Fsp3) is 0.389. The zero-order chi connectivity index (χ0) is 15.9. The fourth-order valence-corrected chi connectivity index (χ4v) is 4.65. The highest BCUT2D eigenvalue weighted by molar-refractivity contribution is 7.14. The van der Waals surface area contributed by atoms with E-state index in [-0.39, 0.29) is 5.91 Å². The van der Waals surface area contributed by atoms with Gasteiger partial charge in [0.2, 0.25) is 0 Å². The van der Waals surface area contributed by atoms with Crippen LogP contribution >= 0.6 is 11.3 Å². The molecule has 1 saturated heterocycles. The van der Waals surface area contributed by atoms with Crippen LogP contribution in [-0.4, -0.2) is 29.0 Å². The van der Waals surface area contributed by atoms with Crippen molar-refractivity contribution in [2.24, 2.45) is 0 Å². The molecule has 4 nitrogen and oxygen atoms in total. The van der Waals surface area contributed by atoms with Gasteiger partial charge in [0.05, 0.1) is 11.4 Å². The summed E-state index contributed by atoms with van der Waals surface area (Å²) in [5, 5.41) is 14.3. The van der Waals surface area contributed by atoms with Crippen molar-refractivity contribution in [1.29, 1.82) is 0 Å². The SMILES string of the molecule is O=C(c1cc2c(s1)CNC2)N1CCCC(O)(c2ccccc2)C1. The molecule has 0 saturated carbocycles. The zero-order valence-electron chi connectivity index (χ0n) is 12.9. The first-order valence-corrected chi connectivity index (χ1v) is 8.87. The summed E-state index contributed by atoms with van der Waals surface area (Å²) >= 11 is 1.58. The number of thiophene rings is 1. The molecular formula is C18H20N2O2S. The Balaban J connectivity index is 1.56. The van der Waals surface area contributed by atoms with Crippen molar-refractivity contribution in [2.75, 3.05) is 13.1 Å².